The molecule has 6 heteroatoms. The van der Waals surface area contributed by atoms with Gasteiger partial charge in [0.25, 0.3) is 0 Å². The van der Waals surface area contributed by atoms with Crippen LogP contribution in [0.5, 0.6) is 0 Å². The van der Waals surface area contributed by atoms with Crippen molar-refractivity contribution in [2.75, 3.05) is 29.9 Å². The smallest absolute Gasteiger partial charge is 0.226 e. The molecule has 3 heterocycles. The average Bonchev–Trinajstić information content (AvgIpc) is 2.92. The van der Waals surface area contributed by atoms with Gasteiger partial charge in [0.1, 0.15) is 5.82 Å². The highest BCUT2D eigenvalue weighted by molar-refractivity contribution is 5.87. The van der Waals surface area contributed by atoms with Gasteiger partial charge in [0, 0.05) is 19.6 Å². The van der Waals surface area contributed by atoms with Crippen LogP contribution in [-0.4, -0.2) is 39.8 Å². The summed E-state index contributed by atoms with van der Waals surface area (Å²) in [4.78, 5) is 11.6. The molecule has 0 aromatic carbocycles. The van der Waals surface area contributed by atoms with Crippen LogP contribution in [0.15, 0.2) is 6.20 Å². The van der Waals surface area contributed by atoms with Gasteiger partial charge < -0.3 is 10.2 Å². The van der Waals surface area contributed by atoms with Crippen LogP contribution in [0.2, 0.25) is 0 Å². The van der Waals surface area contributed by atoms with Crippen molar-refractivity contribution >= 4 is 22.8 Å². The van der Waals surface area contributed by atoms with Crippen molar-refractivity contribution in [1.82, 2.24) is 20.2 Å². The van der Waals surface area contributed by atoms with Crippen LogP contribution in [0.25, 0.3) is 11.0 Å². The van der Waals surface area contributed by atoms with E-state index >= 15 is 0 Å². The molecule has 1 aliphatic heterocycles. The van der Waals surface area contributed by atoms with Crippen LogP contribution in [0, 0.1) is 5.92 Å². The summed E-state index contributed by atoms with van der Waals surface area (Å²) in [5.41, 5.74) is 0.812. The second-order valence-electron chi connectivity index (χ2n) is 5.62. The number of nitrogens with one attached hydrogen (secondary N) is 2. The lowest BCUT2D eigenvalue weighted by atomic mass is 10.0. The normalized spacial score (nSPS) is 19.5. The summed E-state index contributed by atoms with van der Waals surface area (Å²) in [5.74, 6) is 2.42. The Morgan fingerprint density at radius 1 is 1.45 bits per heavy atom. The predicted molar refractivity (Wildman–Crippen MR) is 81.1 cm³/mol. The zero-order chi connectivity index (χ0) is 13.9. The SMILES string of the molecule is CCCNc1nc(N2CCCC(C)C2)c2cn[nH]c2n1. The first-order valence-electron chi connectivity index (χ1n) is 7.48. The Balaban J connectivity index is 1.96. The molecule has 1 fully saturated rings. The van der Waals surface area contributed by atoms with Crippen molar-refractivity contribution < 1.29 is 0 Å². The number of aromatic amines is 1. The molecule has 6 nitrogen and oxygen atoms in total. The van der Waals surface area contributed by atoms with Crippen LogP contribution in [-0.2, 0) is 0 Å². The van der Waals surface area contributed by atoms with Gasteiger partial charge in [0.15, 0.2) is 5.65 Å². The Labute approximate surface area is 119 Å². The van der Waals surface area contributed by atoms with E-state index in [0.29, 0.717) is 11.9 Å². The Hall–Kier alpha value is -1.85. The van der Waals surface area contributed by atoms with Gasteiger partial charge in [-0.15, -0.1) is 0 Å². The molecule has 2 aromatic heterocycles. The fourth-order valence-corrected chi connectivity index (χ4v) is 2.76. The minimum atomic E-state index is 0.692. The molecular formula is C14H22N6. The standard InChI is InChI=1S/C14H22N6/c1-3-6-15-14-17-12-11(8-16-19-12)13(18-14)20-7-4-5-10(2)9-20/h8,10H,3-7,9H2,1-2H3,(H2,15,16,17,18,19). The lowest BCUT2D eigenvalue weighted by Gasteiger charge is -2.32. The molecule has 108 valence electrons. The molecular weight excluding hydrogens is 252 g/mol. The summed E-state index contributed by atoms with van der Waals surface area (Å²) >= 11 is 0. The third-order valence-electron chi connectivity index (χ3n) is 3.78. The summed E-state index contributed by atoms with van der Waals surface area (Å²) in [6, 6.07) is 0. The van der Waals surface area contributed by atoms with Gasteiger partial charge in [-0.2, -0.15) is 15.1 Å². The molecule has 0 saturated carbocycles. The molecule has 0 spiro atoms. The topological polar surface area (TPSA) is 69.7 Å². The van der Waals surface area contributed by atoms with Gasteiger partial charge in [-0.3, -0.25) is 5.10 Å². The van der Waals surface area contributed by atoms with Crippen molar-refractivity contribution in [1.29, 1.82) is 0 Å². The molecule has 0 radical (unpaired) electrons. The quantitative estimate of drug-likeness (QED) is 0.896. The van der Waals surface area contributed by atoms with Crippen LogP contribution < -0.4 is 10.2 Å². The van der Waals surface area contributed by atoms with Crippen molar-refractivity contribution in [2.45, 2.75) is 33.1 Å². The second-order valence-corrected chi connectivity index (χ2v) is 5.62. The summed E-state index contributed by atoms with van der Waals surface area (Å²) in [6.45, 7) is 7.44. The van der Waals surface area contributed by atoms with E-state index < -0.39 is 0 Å². The molecule has 2 aromatic rings. The predicted octanol–water partition coefficient (Wildman–Crippen LogP) is 2.41. The molecule has 3 rings (SSSR count). The maximum Gasteiger partial charge on any atom is 0.226 e. The maximum absolute atomic E-state index is 4.71. The fraction of sp³-hybridized carbons (Fsp3) is 0.643. The molecule has 0 aliphatic carbocycles. The maximum atomic E-state index is 4.71. The van der Waals surface area contributed by atoms with Crippen LogP contribution in [0.3, 0.4) is 0 Å². The number of piperidine rings is 1. The number of rotatable bonds is 4. The van der Waals surface area contributed by atoms with Gasteiger partial charge in [0.2, 0.25) is 5.95 Å². The molecule has 0 amide bonds. The summed E-state index contributed by atoms with van der Waals surface area (Å²) in [6.07, 6.45) is 5.41. The van der Waals surface area contributed by atoms with Crippen molar-refractivity contribution in [3.8, 4) is 0 Å². The van der Waals surface area contributed by atoms with E-state index in [9.17, 15) is 0 Å². The van der Waals surface area contributed by atoms with Gasteiger partial charge in [-0.25, -0.2) is 0 Å². The first kappa shape index (κ1) is 13.1. The van der Waals surface area contributed by atoms with E-state index in [1.807, 2.05) is 6.20 Å². The number of hydrogen-bond donors (Lipinski definition) is 2. The van der Waals surface area contributed by atoms with Gasteiger partial charge in [-0.1, -0.05) is 13.8 Å². The lowest BCUT2D eigenvalue weighted by Crippen LogP contribution is -2.35. The monoisotopic (exact) mass is 274 g/mol. The zero-order valence-electron chi connectivity index (χ0n) is 12.2. The minimum absolute atomic E-state index is 0.692. The lowest BCUT2D eigenvalue weighted by molar-refractivity contribution is 0.445. The Morgan fingerprint density at radius 3 is 3.15 bits per heavy atom. The first-order valence-corrected chi connectivity index (χ1v) is 7.48. The van der Waals surface area contributed by atoms with Crippen LogP contribution in [0.4, 0.5) is 11.8 Å². The van der Waals surface area contributed by atoms with Gasteiger partial charge in [0.05, 0.1) is 11.6 Å². The molecule has 1 atom stereocenters. The summed E-state index contributed by atoms with van der Waals surface area (Å²) in [7, 11) is 0. The van der Waals surface area contributed by atoms with Crippen LogP contribution in [0.1, 0.15) is 33.1 Å². The van der Waals surface area contributed by atoms with Crippen molar-refractivity contribution in [2.24, 2.45) is 5.92 Å². The highest BCUT2D eigenvalue weighted by Gasteiger charge is 2.21. The number of hydrogen-bond acceptors (Lipinski definition) is 5. The average molecular weight is 274 g/mol. The van der Waals surface area contributed by atoms with Gasteiger partial charge in [-0.05, 0) is 25.2 Å². The largest absolute Gasteiger partial charge is 0.356 e. The van der Waals surface area contributed by atoms with E-state index in [4.69, 9.17) is 4.98 Å². The molecule has 1 unspecified atom stereocenters. The molecule has 0 bridgehead atoms. The van der Waals surface area contributed by atoms with Crippen LogP contribution >= 0.6 is 0 Å². The third-order valence-corrected chi connectivity index (χ3v) is 3.78. The number of aromatic nitrogens is 4. The fourth-order valence-electron chi connectivity index (χ4n) is 2.76. The minimum Gasteiger partial charge on any atom is -0.356 e. The van der Waals surface area contributed by atoms with Crippen molar-refractivity contribution in [3.63, 3.8) is 0 Å². The van der Waals surface area contributed by atoms with E-state index in [2.05, 4.69) is 39.2 Å². The molecule has 2 N–H and O–H groups in total. The highest BCUT2D eigenvalue weighted by atomic mass is 15.3. The Bertz CT molecular complexity index is 578. The van der Waals surface area contributed by atoms with E-state index in [-0.39, 0.29) is 0 Å². The number of anilines is 2. The Morgan fingerprint density at radius 2 is 2.35 bits per heavy atom. The number of fused-ring (bicyclic) bond motifs is 1. The van der Waals surface area contributed by atoms with Crippen molar-refractivity contribution in [3.05, 3.63) is 6.20 Å². The third kappa shape index (κ3) is 2.55. The highest BCUT2D eigenvalue weighted by Crippen LogP contribution is 2.28. The summed E-state index contributed by atoms with van der Waals surface area (Å²) < 4.78 is 0. The van der Waals surface area contributed by atoms with E-state index in [1.165, 1.54) is 12.8 Å². The van der Waals surface area contributed by atoms with Gasteiger partial charge >= 0.3 is 0 Å². The van der Waals surface area contributed by atoms with E-state index in [1.54, 1.807) is 0 Å². The zero-order valence-corrected chi connectivity index (χ0v) is 12.2. The first-order chi connectivity index (χ1) is 9.78. The second kappa shape index (κ2) is 5.64. The Kier molecular flexibility index (Phi) is 3.71. The number of H-pyrrole nitrogens is 1. The van der Waals surface area contributed by atoms with E-state index in [0.717, 1.165) is 42.9 Å². The molecule has 20 heavy (non-hydrogen) atoms. The number of nitrogens with zero attached hydrogens (tertiary/aromatic N) is 4. The summed E-state index contributed by atoms with van der Waals surface area (Å²) in [5, 5.41) is 11.4. The molecule has 1 aliphatic rings. The molecule has 1 saturated heterocycles.